The Morgan fingerprint density at radius 3 is 2.93 bits per heavy atom. The second-order valence-electron chi connectivity index (χ2n) is 7.77. The lowest BCUT2D eigenvalue weighted by Crippen LogP contribution is -2.33. The van der Waals surface area contributed by atoms with Crippen molar-refractivity contribution in [3.63, 3.8) is 0 Å². The number of aromatic amines is 2. The molecular weight excluding hydrogens is 380 g/mol. The van der Waals surface area contributed by atoms with Crippen LogP contribution in [0.5, 0.6) is 5.75 Å². The molecule has 2 aromatic heterocycles. The SMILES string of the molecule is COc1cc[nH]c1C=C1C(=O)Nc2ccc3[nH]c(NCCN4CCCCC4)nc3c21. The van der Waals surface area contributed by atoms with Crippen LogP contribution < -0.4 is 15.4 Å². The number of methoxy groups -OCH3 is 1. The topological polar surface area (TPSA) is 98.1 Å². The van der Waals surface area contributed by atoms with E-state index in [4.69, 9.17) is 9.72 Å². The van der Waals surface area contributed by atoms with Gasteiger partial charge in [0.2, 0.25) is 5.95 Å². The molecule has 8 nitrogen and oxygen atoms in total. The summed E-state index contributed by atoms with van der Waals surface area (Å²) in [4.78, 5) is 26.4. The van der Waals surface area contributed by atoms with Gasteiger partial charge >= 0.3 is 0 Å². The summed E-state index contributed by atoms with van der Waals surface area (Å²) in [6.45, 7) is 4.20. The lowest BCUT2D eigenvalue weighted by molar-refractivity contribution is -0.110. The molecule has 5 rings (SSSR count). The van der Waals surface area contributed by atoms with Crippen molar-refractivity contribution in [1.82, 2.24) is 19.9 Å². The van der Waals surface area contributed by atoms with Crippen LogP contribution in [0.1, 0.15) is 30.5 Å². The molecule has 0 radical (unpaired) electrons. The minimum absolute atomic E-state index is 0.142. The van der Waals surface area contributed by atoms with E-state index in [1.807, 2.05) is 24.3 Å². The fourth-order valence-electron chi connectivity index (χ4n) is 4.30. The number of carbonyl (C=O) groups is 1. The number of ether oxygens (including phenoxy) is 1. The molecule has 0 atom stereocenters. The van der Waals surface area contributed by atoms with Gasteiger partial charge in [-0.15, -0.1) is 0 Å². The largest absolute Gasteiger partial charge is 0.495 e. The molecule has 1 aromatic carbocycles. The summed E-state index contributed by atoms with van der Waals surface area (Å²) in [6, 6.07) is 5.70. The molecule has 0 spiro atoms. The fraction of sp³-hybridized carbons (Fsp3) is 0.364. The lowest BCUT2D eigenvalue weighted by atomic mass is 10.0. The van der Waals surface area contributed by atoms with E-state index in [1.54, 1.807) is 13.3 Å². The Morgan fingerprint density at radius 2 is 2.10 bits per heavy atom. The number of benzene rings is 1. The van der Waals surface area contributed by atoms with Crippen LogP contribution in [-0.4, -0.2) is 59.0 Å². The summed E-state index contributed by atoms with van der Waals surface area (Å²) in [5.74, 6) is 1.28. The molecule has 0 unspecified atom stereocenters. The number of nitrogens with one attached hydrogen (secondary N) is 4. The molecule has 4 N–H and O–H groups in total. The number of piperidine rings is 1. The van der Waals surface area contributed by atoms with Crippen molar-refractivity contribution in [2.45, 2.75) is 19.3 Å². The zero-order chi connectivity index (χ0) is 20.5. The van der Waals surface area contributed by atoms with Crippen LogP contribution in [0.25, 0.3) is 22.7 Å². The van der Waals surface area contributed by atoms with Gasteiger partial charge in [0.15, 0.2) is 0 Å². The van der Waals surface area contributed by atoms with Crippen LogP contribution >= 0.6 is 0 Å². The van der Waals surface area contributed by atoms with E-state index < -0.39 is 0 Å². The number of imidazole rings is 1. The predicted octanol–water partition coefficient (Wildman–Crippen LogP) is 3.29. The molecule has 4 heterocycles. The van der Waals surface area contributed by atoms with E-state index in [0.29, 0.717) is 11.3 Å². The van der Waals surface area contributed by atoms with Crippen molar-refractivity contribution in [3.8, 4) is 5.75 Å². The van der Waals surface area contributed by atoms with Crippen LogP contribution in [0.2, 0.25) is 0 Å². The third-order valence-electron chi connectivity index (χ3n) is 5.83. The number of rotatable bonds is 6. The normalized spacial score (nSPS) is 18.0. The number of hydrogen-bond acceptors (Lipinski definition) is 5. The lowest BCUT2D eigenvalue weighted by Gasteiger charge is -2.26. The molecule has 1 fully saturated rings. The number of aromatic nitrogens is 3. The minimum atomic E-state index is -0.142. The molecular formula is C22H26N6O2. The number of hydrogen-bond donors (Lipinski definition) is 4. The average Bonchev–Trinajstić information content (AvgIpc) is 3.46. The van der Waals surface area contributed by atoms with Gasteiger partial charge in [-0.3, -0.25) is 4.79 Å². The second kappa shape index (κ2) is 7.87. The number of fused-ring (bicyclic) bond motifs is 3. The zero-order valence-electron chi connectivity index (χ0n) is 17.0. The van der Waals surface area contributed by atoms with Crippen LogP contribution in [-0.2, 0) is 4.79 Å². The quantitative estimate of drug-likeness (QED) is 0.471. The van der Waals surface area contributed by atoms with Gasteiger partial charge in [-0.05, 0) is 50.2 Å². The standard InChI is InChI=1S/C22H26N6O2/c1-30-18-7-8-23-17(18)13-14-19-15(25-21(14)29)5-6-16-20(19)27-22(26-16)24-9-12-28-10-3-2-4-11-28/h5-8,13,23H,2-4,9-12H2,1H3,(H,25,29)(H2,24,26,27). The molecule has 156 valence electrons. The van der Waals surface area contributed by atoms with Crippen molar-refractivity contribution in [2.24, 2.45) is 0 Å². The van der Waals surface area contributed by atoms with Crippen LogP contribution in [0, 0.1) is 0 Å². The summed E-state index contributed by atoms with van der Waals surface area (Å²) in [6.07, 6.45) is 7.53. The first kappa shape index (κ1) is 18.7. The Bertz CT molecular complexity index is 1110. The highest BCUT2D eigenvalue weighted by molar-refractivity contribution is 6.37. The molecule has 8 heteroatoms. The summed E-state index contributed by atoms with van der Waals surface area (Å²) in [5, 5.41) is 6.35. The first-order valence-electron chi connectivity index (χ1n) is 10.5. The smallest absolute Gasteiger partial charge is 0.256 e. The molecule has 2 aliphatic rings. The van der Waals surface area contributed by atoms with E-state index in [-0.39, 0.29) is 5.91 Å². The fourth-order valence-corrected chi connectivity index (χ4v) is 4.30. The minimum Gasteiger partial charge on any atom is -0.495 e. The number of H-pyrrole nitrogens is 2. The maximum absolute atomic E-state index is 12.7. The van der Waals surface area contributed by atoms with Gasteiger partial charge in [-0.1, -0.05) is 6.42 Å². The van der Waals surface area contributed by atoms with Crippen molar-refractivity contribution in [1.29, 1.82) is 0 Å². The van der Waals surface area contributed by atoms with E-state index in [2.05, 4.69) is 25.5 Å². The number of carbonyl (C=O) groups excluding carboxylic acids is 1. The van der Waals surface area contributed by atoms with Gasteiger partial charge in [-0.25, -0.2) is 4.98 Å². The third kappa shape index (κ3) is 3.43. The Labute approximate surface area is 174 Å². The Morgan fingerprint density at radius 1 is 1.23 bits per heavy atom. The molecule has 2 aliphatic heterocycles. The second-order valence-corrected chi connectivity index (χ2v) is 7.77. The highest BCUT2D eigenvalue weighted by atomic mass is 16.5. The van der Waals surface area contributed by atoms with E-state index >= 15 is 0 Å². The molecule has 0 aliphatic carbocycles. The van der Waals surface area contributed by atoms with Crippen LogP contribution in [0.15, 0.2) is 24.4 Å². The van der Waals surface area contributed by atoms with Gasteiger partial charge in [0, 0.05) is 24.8 Å². The van der Waals surface area contributed by atoms with Crippen LogP contribution in [0.3, 0.4) is 0 Å². The van der Waals surface area contributed by atoms with Crippen molar-refractivity contribution in [2.75, 3.05) is 43.9 Å². The predicted molar refractivity (Wildman–Crippen MR) is 119 cm³/mol. The monoisotopic (exact) mass is 406 g/mol. The summed E-state index contributed by atoms with van der Waals surface area (Å²) >= 11 is 0. The van der Waals surface area contributed by atoms with Gasteiger partial charge in [0.05, 0.1) is 29.6 Å². The van der Waals surface area contributed by atoms with E-state index in [9.17, 15) is 4.79 Å². The van der Waals surface area contributed by atoms with Crippen molar-refractivity contribution < 1.29 is 9.53 Å². The van der Waals surface area contributed by atoms with Gasteiger partial charge in [0.25, 0.3) is 5.91 Å². The molecule has 3 aromatic rings. The maximum atomic E-state index is 12.7. The number of anilines is 2. The Kier molecular flexibility index (Phi) is 4.92. The van der Waals surface area contributed by atoms with Crippen molar-refractivity contribution >= 4 is 40.2 Å². The van der Waals surface area contributed by atoms with E-state index in [0.717, 1.165) is 47.0 Å². The molecule has 0 bridgehead atoms. The third-order valence-corrected chi connectivity index (χ3v) is 5.83. The molecule has 1 amide bonds. The average molecular weight is 406 g/mol. The number of amides is 1. The first-order valence-corrected chi connectivity index (χ1v) is 10.5. The highest BCUT2D eigenvalue weighted by Crippen LogP contribution is 2.39. The summed E-state index contributed by atoms with van der Waals surface area (Å²) in [5.41, 5.74) is 4.59. The van der Waals surface area contributed by atoms with Gasteiger partial charge in [0.1, 0.15) is 11.3 Å². The maximum Gasteiger partial charge on any atom is 0.256 e. The summed E-state index contributed by atoms with van der Waals surface area (Å²) in [7, 11) is 1.61. The molecule has 30 heavy (non-hydrogen) atoms. The van der Waals surface area contributed by atoms with Crippen LogP contribution in [0.4, 0.5) is 11.6 Å². The molecule has 0 saturated carbocycles. The number of likely N-dealkylation sites (tertiary alicyclic amines) is 1. The molecule has 1 saturated heterocycles. The Balaban J connectivity index is 1.42. The first-order chi connectivity index (χ1) is 14.7. The number of nitrogens with zero attached hydrogens (tertiary/aromatic N) is 2. The summed E-state index contributed by atoms with van der Waals surface area (Å²) < 4.78 is 5.36. The van der Waals surface area contributed by atoms with Crippen molar-refractivity contribution in [3.05, 3.63) is 35.7 Å². The zero-order valence-corrected chi connectivity index (χ0v) is 17.0. The van der Waals surface area contributed by atoms with E-state index in [1.165, 1.54) is 32.4 Å². The van der Waals surface area contributed by atoms with Gasteiger partial charge < -0.3 is 30.2 Å². The highest BCUT2D eigenvalue weighted by Gasteiger charge is 2.28. The Hall–Kier alpha value is -3.26. The van der Waals surface area contributed by atoms with Gasteiger partial charge in [-0.2, -0.15) is 0 Å².